The monoisotopic (exact) mass is 1590 g/mol. The third-order valence-electron chi connectivity index (χ3n) is 19.5. The summed E-state index contributed by atoms with van der Waals surface area (Å²) in [6.45, 7) is 12.8. The Morgan fingerprint density at radius 2 is 1.42 bits per heavy atom. The van der Waals surface area contributed by atoms with Crippen LogP contribution in [-0.2, 0) is 103 Å². The number of amides is 8. The minimum atomic E-state index is -5.15. The molecule has 36 nitrogen and oxygen atoms in total. The highest BCUT2D eigenvalue weighted by atomic mass is 32.3. The van der Waals surface area contributed by atoms with Crippen LogP contribution in [-0.4, -0.2) is 283 Å². The van der Waals surface area contributed by atoms with Gasteiger partial charge in [-0.15, -0.1) is 13.5 Å². The van der Waals surface area contributed by atoms with Gasteiger partial charge in [0.05, 0.1) is 102 Å². The minimum absolute atomic E-state index is 0.0209. The van der Waals surface area contributed by atoms with Crippen molar-refractivity contribution in [3.8, 4) is 17.2 Å². The van der Waals surface area contributed by atoms with Crippen molar-refractivity contribution in [1.29, 1.82) is 0 Å². The fourth-order valence-electron chi connectivity index (χ4n) is 13.2. The van der Waals surface area contributed by atoms with E-state index in [4.69, 9.17) is 46.3 Å². The van der Waals surface area contributed by atoms with Gasteiger partial charge in [-0.2, -0.15) is 0 Å². The Labute approximate surface area is 650 Å². The number of aliphatic carboxylic acids is 1. The molecule has 7 rings (SSSR count). The van der Waals surface area contributed by atoms with Gasteiger partial charge in [-0.05, 0) is 72.1 Å². The number of carbonyl (C=O) groups excluding carboxylic acids is 8. The van der Waals surface area contributed by atoms with E-state index in [2.05, 4.69) is 26.3 Å². The van der Waals surface area contributed by atoms with Gasteiger partial charge in [-0.3, -0.25) is 43.4 Å². The molecular weight excluding hydrogens is 1490 g/mol. The SMILES string of the molecule is CCC(C)[C@@H]([C@@H](CC(=O)N1CCC[C@H]1[C@H](OC)[C@@H](C)C(=O)NC(Cc1ccccc1)C(=O)O)OC)N(C)C(=O)[C@@H](NC(=O)[C@H](C(C)C)N(C)C(=O)OCc1ccc(OS(=O)(=O)Oc2cc(C(=O)NCCOCCn3cc(COCCOCCN4C(=O)C=CC4=O)nn3)ccc2OC2O[C@H](CO)[C@H](O)[C@H](O)[C@H]2O)cc1)C(C)C. The first kappa shape index (κ1) is 89.9. The van der Waals surface area contributed by atoms with Crippen molar-refractivity contribution in [3.63, 3.8) is 0 Å². The molecule has 0 bridgehead atoms. The number of rotatable bonds is 45. The van der Waals surface area contributed by atoms with Gasteiger partial charge < -0.3 is 97.5 Å². The van der Waals surface area contributed by atoms with Crippen LogP contribution in [0.5, 0.6) is 17.2 Å². The largest absolute Gasteiger partial charge is 0.501 e. The molecule has 3 aliphatic heterocycles. The van der Waals surface area contributed by atoms with Crippen molar-refractivity contribution in [1.82, 2.24) is 50.5 Å². The summed E-state index contributed by atoms with van der Waals surface area (Å²) in [5, 5.41) is 67.7. The molecular formula is C75H106N10O26S. The topological polar surface area (TPSA) is 461 Å². The molecule has 14 atom stereocenters. The van der Waals surface area contributed by atoms with E-state index in [0.717, 1.165) is 27.5 Å². The van der Waals surface area contributed by atoms with Crippen molar-refractivity contribution < 1.29 is 123 Å². The van der Waals surface area contributed by atoms with Gasteiger partial charge in [0.25, 0.3) is 17.7 Å². The zero-order valence-electron chi connectivity index (χ0n) is 64.8. The summed E-state index contributed by atoms with van der Waals surface area (Å²) in [6, 6.07) is 12.6. The Kier molecular flexibility index (Phi) is 34.6. The van der Waals surface area contributed by atoms with Crippen LogP contribution in [0.2, 0.25) is 0 Å². The maximum Gasteiger partial charge on any atom is 0.501 e. The van der Waals surface area contributed by atoms with E-state index in [0.29, 0.717) is 37.1 Å². The van der Waals surface area contributed by atoms with Crippen molar-refractivity contribution in [3.05, 3.63) is 114 Å². The summed E-state index contributed by atoms with van der Waals surface area (Å²) < 4.78 is 85.0. The van der Waals surface area contributed by atoms with Crippen molar-refractivity contribution in [2.75, 3.05) is 87.6 Å². The molecule has 1 aromatic heterocycles. The number of likely N-dealkylation sites (N-methyl/N-ethyl adjacent to an activating group) is 2. The number of aliphatic hydroxyl groups is 4. The van der Waals surface area contributed by atoms with E-state index in [-0.39, 0.29) is 102 Å². The van der Waals surface area contributed by atoms with Crippen LogP contribution >= 0.6 is 0 Å². The first-order chi connectivity index (χ1) is 53.3. The van der Waals surface area contributed by atoms with E-state index in [9.17, 15) is 77.1 Å². The van der Waals surface area contributed by atoms with Crippen molar-refractivity contribution in [2.45, 2.75) is 173 Å². The number of likely N-dealkylation sites (tertiary alicyclic amines) is 1. The number of aromatic nitrogens is 3. The van der Waals surface area contributed by atoms with Crippen LogP contribution < -0.4 is 29.1 Å². The average molecular weight is 1600 g/mol. The maximum atomic E-state index is 14.9. The molecule has 3 aromatic carbocycles. The lowest BCUT2D eigenvalue weighted by atomic mass is 9.89. The number of hydrogen-bond donors (Lipinski definition) is 8. The number of carboxylic acids is 1. The molecule has 618 valence electrons. The van der Waals surface area contributed by atoms with Crippen molar-refractivity contribution in [2.24, 2.45) is 23.7 Å². The summed E-state index contributed by atoms with van der Waals surface area (Å²) >= 11 is 0. The molecule has 3 aliphatic rings. The second-order valence-corrected chi connectivity index (χ2v) is 29.3. The number of benzene rings is 3. The van der Waals surface area contributed by atoms with Crippen LogP contribution in [0.25, 0.3) is 0 Å². The Morgan fingerprint density at radius 1 is 0.741 bits per heavy atom. The summed E-state index contributed by atoms with van der Waals surface area (Å²) in [5.74, 6) is -8.32. The minimum Gasteiger partial charge on any atom is -0.480 e. The quantitative estimate of drug-likeness (QED) is 0.0230. The van der Waals surface area contributed by atoms with Gasteiger partial charge >= 0.3 is 22.5 Å². The fourth-order valence-corrected chi connectivity index (χ4v) is 14.0. The number of ether oxygens (including phenoxy) is 8. The number of imide groups is 1. The average Bonchev–Trinajstić information content (AvgIpc) is 1.78. The number of nitrogens with one attached hydrogen (secondary N) is 3. The summed E-state index contributed by atoms with van der Waals surface area (Å²) in [6.07, 6.45) is -5.82. The number of nitrogens with zero attached hydrogens (tertiary/aromatic N) is 7. The molecule has 2 fully saturated rings. The lowest BCUT2D eigenvalue weighted by molar-refractivity contribution is -0.277. The third-order valence-corrected chi connectivity index (χ3v) is 20.3. The maximum absolute atomic E-state index is 14.9. The number of carbonyl (C=O) groups is 9. The Hall–Kier alpha value is -9.28. The molecule has 0 spiro atoms. The van der Waals surface area contributed by atoms with Crippen LogP contribution in [0.1, 0.15) is 101 Å². The van der Waals surface area contributed by atoms with Gasteiger partial charge in [0.1, 0.15) is 60.6 Å². The third kappa shape index (κ3) is 25.1. The lowest BCUT2D eigenvalue weighted by Gasteiger charge is -2.41. The molecule has 112 heavy (non-hydrogen) atoms. The Bertz CT molecular complexity index is 3910. The summed E-state index contributed by atoms with van der Waals surface area (Å²) in [7, 11) is 0.680. The molecule has 0 radical (unpaired) electrons. The van der Waals surface area contributed by atoms with E-state index in [1.165, 1.54) is 73.3 Å². The van der Waals surface area contributed by atoms with Crippen LogP contribution in [0.15, 0.2) is 91.1 Å². The second kappa shape index (κ2) is 43.1. The lowest BCUT2D eigenvalue weighted by Crippen LogP contribution is -2.60. The first-order valence-corrected chi connectivity index (χ1v) is 38.3. The smallest absolute Gasteiger partial charge is 0.480 e. The van der Waals surface area contributed by atoms with Gasteiger partial charge in [-0.25, -0.2) is 14.3 Å². The second-order valence-electron chi connectivity index (χ2n) is 28.1. The highest BCUT2D eigenvalue weighted by Gasteiger charge is 2.47. The highest BCUT2D eigenvalue weighted by Crippen LogP contribution is 2.35. The molecule has 37 heteroatoms. The number of carboxylic acid groups (broad SMARTS) is 1. The first-order valence-electron chi connectivity index (χ1n) is 37.0. The molecule has 4 heterocycles. The number of aliphatic hydroxyl groups excluding tert-OH is 4. The predicted molar refractivity (Wildman–Crippen MR) is 396 cm³/mol. The molecule has 3 unspecified atom stereocenters. The summed E-state index contributed by atoms with van der Waals surface area (Å²) in [4.78, 5) is 126. The number of methoxy groups -OCH3 is 2. The standard InChI is InChI=1S/C75H106N10O26S/c1-12-46(6)64(57(102-10)39-61(89)84-29-16-19-54(84)68(103-11)47(7)69(93)77-53(73(97)98)37-48-17-14-13-15-18-48)81(8)72(96)62(44(2)3)78-71(95)63(45(4)5)82(9)75(99)107-42-49-20-23-52(24-21-49)110-112(100,101)111-56-38-50(22-25-55(56)108-74-67(92)66(91)65(90)58(41-86)109-74)70(94)76-28-32-104-33-30-83-40-51(79-80-83)43-106-36-35-105-34-31-85-59(87)26-27-60(85)88/h13-15,17-18,20-27,38,40,44-47,53-54,57-58,62-68,74,86,90-92H,12,16,19,28-37,39,41-43H2,1-11H3,(H,76,94)(H,77,93)(H,78,95)(H,97,98)/t46?,47-,53?,54+,57-,58-,62+,63+,64+,65+,66+,67-,68-,74?/m1/s1. The predicted octanol–water partition coefficient (Wildman–Crippen LogP) is 1.53. The molecule has 0 saturated carbocycles. The van der Waals surface area contributed by atoms with Gasteiger partial charge in [0.2, 0.25) is 29.9 Å². The van der Waals surface area contributed by atoms with Gasteiger partial charge in [0, 0.05) is 65.5 Å². The highest BCUT2D eigenvalue weighted by molar-refractivity contribution is 7.82. The fraction of sp³-hybridized carbons (Fsp3) is 0.587. The van der Waals surface area contributed by atoms with Crippen LogP contribution in [0.4, 0.5) is 4.79 Å². The zero-order chi connectivity index (χ0) is 82.1. The molecule has 2 saturated heterocycles. The normalized spacial score (nSPS) is 19.9. The van der Waals surface area contributed by atoms with Gasteiger partial charge in [0.15, 0.2) is 11.5 Å². The van der Waals surface area contributed by atoms with E-state index in [1.807, 2.05) is 13.8 Å². The van der Waals surface area contributed by atoms with E-state index < -0.39 is 167 Å². The molecule has 8 amide bonds. The van der Waals surface area contributed by atoms with Crippen LogP contribution in [0, 0.1) is 23.7 Å². The van der Waals surface area contributed by atoms with E-state index in [1.54, 1.807) is 83.1 Å². The summed E-state index contributed by atoms with van der Waals surface area (Å²) in [5.41, 5.74) is 1.42. The van der Waals surface area contributed by atoms with Crippen molar-refractivity contribution >= 4 is 63.8 Å². The molecule has 8 N–H and O–H groups in total. The van der Waals surface area contributed by atoms with Crippen LogP contribution in [0.3, 0.4) is 0 Å². The molecule has 0 aliphatic carbocycles. The molecule has 4 aromatic rings. The van der Waals surface area contributed by atoms with Gasteiger partial charge in [-0.1, -0.05) is 103 Å². The zero-order valence-corrected chi connectivity index (χ0v) is 65.6. The Morgan fingerprint density at radius 3 is 2.06 bits per heavy atom. The Balaban J connectivity index is 0.916. The van der Waals surface area contributed by atoms with E-state index >= 15 is 0 Å². The number of hydrogen-bond acceptors (Lipinski definition) is 27.